The maximum atomic E-state index is 10.1. The molecule has 5 heteroatoms. The number of nitriles is 1. The molecule has 0 bridgehead atoms. The van der Waals surface area contributed by atoms with E-state index < -0.39 is 6.10 Å². The number of nitrogens with zero attached hydrogens (tertiary/aromatic N) is 4. The van der Waals surface area contributed by atoms with Crippen LogP contribution in [0.5, 0.6) is 0 Å². The summed E-state index contributed by atoms with van der Waals surface area (Å²) in [6.07, 6.45) is 1.24. The quantitative estimate of drug-likeness (QED) is 0.837. The molecule has 1 aromatic carbocycles. The summed E-state index contributed by atoms with van der Waals surface area (Å²) in [5.74, 6) is 0. The Bertz CT molecular complexity index is 641. The fourth-order valence-corrected chi connectivity index (χ4v) is 2.29. The molecule has 20 heavy (non-hydrogen) atoms. The molecule has 1 N–H and O–H groups in total. The Morgan fingerprint density at radius 2 is 2.10 bits per heavy atom. The first-order valence-electron chi connectivity index (χ1n) is 6.67. The first-order valence-corrected chi connectivity index (χ1v) is 6.67. The van der Waals surface area contributed by atoms with Crippen LogP contribution in [0.3, 0.4) is 0 Å². The third-order valence-corrected chi connectivity index (χ3v) is 3.51. The van der Waals surface area contributed by atoms with Gasteiger partial charge in [-0.25, -0.2) is 4.98 Å². The topological polar surface area (TPSA) is 65.1 Å². The van der Waals surface area contributed by atoms with Gasteiger partial charge < -0.3 is 9.67 Å². The second-order valence-electron chi connectivity index (χ2n) is 5.33. The van der Waals surface area contributed by atoms with Crippen molar-refractivity contribution < 1.29 is 5.11 Å². The van der Waals surface area contributed by atoms with Crippen molar-refractivity contribution in [3.05, 3.63) is 29.6 Å². The van der Waals surface area contributed by atoms with Gasteiger partial charge >= 0.3 is 0 Å². The Hall–Kier alpha value is -1.90. The van der Waals surface area contributed by atoms with Crippen molar-refractivity contribution in [2.45, 2.75) is 26.5 Å². The molecule has 0 aliphatic carbocycles. The van der Waals surface area contributed by atoms with Crippen molar-refractivity contribution >= 4 is 11.0 Å². The van der Waals surface area contributed by atoms with E-state index in [2.05, 4.69) is 37.0 Å². The highest BCUT2D eigenvalue weighted by Crippen LogP contribution is 2.18. The third kappa shape index (κ3) is 3.16. The number of aryl methyl sites for hydroxylation is 2. The highest BCUT2D eigenvalue weighted by molar-refractivity contribution is 5.77. The van der Waals surface area contributed by atoms with E-state index in [0.29, 0.717) is 19.6 Å². The van der Waals surface area contributed by atoms with E-state index in [1.54, 1.807) is 11.2 Å². The fourth-order valence-electron chi connectivity index (χ4n) is 2.29. The monoisotopic (exact) mass is 272 g/mol. The van der Waals surface area contributed by atoms with Crippen molar-refractivity contribution in [3.63, 3.8) is 0 Å². The summed E-state index contributed by atoms with van der Waals surface area (Å²) >= 11 is 0. The highest BCUT2D eigenvalue weighted by Gasteiger charge is 2.11. The molecule has 106 valence electrons. The van der Waals surface area contributed by atoms with Crippen molar-refractivity contribution in [2.24, 2.45) is 0 Å². The number of hydrogen-bond acceptors (Lipinski definition) is 4. The standard InChI is InChI=1S/C15H20N4O/c1-11-6-14-15(7-12(11)2)19(10-17-14)9-13(20)8-18(3)5-4-16/h6-7,10,13,20H,5,8-9H2,1-3H3. The van der Waals surface area contributed by atoms with E-state index in [1.807, 2.05) is 11.6 Å². The summed E-state index contributed by atoms with van der Waals surface area (Å²) < 4.78 is 1.96. The summed E-state index contributed by atoms with van der Waals surface area (Å²) in [5.41, 5.74) is 4.42. The lowest BCUT2D eigenvalue weighted by Gasteiger charge is -2.18. The number of benzene rings is 1. The van der Waals surface area contributed by atoms with Crippen LogP contribution < -0.4 is 0 Å². The molecule has 0 aliphatic rings. The van der Waals surface area contributed by atoms with Crippen LogP contribution in [-0.4, -0.2) is 45.8 Å². The average Bonchev–Trinajstić information content (AvgIpc) is 2.72. The van der Waals surface area contributed by atoms with E-state index in [9.17, 15) is 5.11 Å². The largest absolute Gasteiger partial charge is 0.390 e. The summed E-state index contributed by atoms with van der Waals surface area (Å²) in [6.45, 7) is 5.41. The van der Waals surface area contributed by atoms with Crippen LogP contribution in [0.2, 0.25) is 0 Å². The van der Waals surface area contributed by atoms with Gasteiger partial charge in [0.15, 0.2) is 0 Å². The summed E-state index contributed by atoms with van der Waals surface area (Å²) in [7, 11) is 1.83. The molecule has 2 rings (SSSR count). The predicted molar refractivity (Wildman–Crippen MR) is 78.3 cm³/mol. The maximum absolute atomic E-state index is 10.1. The maximum Gasteiger partial charge on any atom is 0.0959 e. The van der Waals surface area contributed by atoms with Crippen LogP contribution in [0, 0.1) is 25.2 Å². The number of aromatic nitrogens is 2. The SMILES string of the molecule is Cc1cc2ncn(CC(O)CN(C)CC#N)c2cc1C. The molecule has 1 aromatic heterocycles. The molecule has 1 unspecified atom stereocenters. The number of fused-ring (bicyclic) bond motifs is 1. The highest BCUT2D eigenvalue weighted by atomic mass is 16.3. The number of likely N-dealkylation sites (N-methyl/N-ethyl adjacent to an activating group) is 1. The second kappa shape index (κ2) is 6.04. The molecule has 2 aromatic rings. The molecular weight excluding hydrogens is 252 g/mol. The van der Waals surface area contributed by atoms with E-state index >= 15 is 0 Å². The molecule has 0 radical (unpaired) electrons. The predicted octanol–water partition coefficient (Wildman–Crippen LogP) is 1.47. The van der Waals surface area contributed by atoms with Gasteiger partial charge in [-0.05, 0) is 44.2 Å². The van der Waals surface area contributed by atoms with Gasteiger partial charge in [0, 0.05) is 6.54 Å². The number of hydrogen-bond donors (Lipinski definition) is 1. The van der Waals surface area contributed by atoms with Crippen molar-refractivity contribution in [1.82, 2.24) is 14.5 Å². The minimum Gasteiger partial charge on any atom is -0.390 e. The lowest BCUT2D eigenvalue weighted by molar-refractivity contribution is 0.116. The zero-order valence-corrected chi connectivity index (χ0v) is 12.2. The normalized spacial score (nSPS) is 12.8. The minimum atomic E-state index is -0.521. The van der Waals surface area contributed by atoms with Crippen LogP contribution in [0.4, 0.5) is 0 Å². The van der Waals surface area contributed by atoms with E-state index in [4.69, 9.17) is 5.26 Å². The third-order valence-electron chi connectivity index (χ3n) is 3.51. The van der Waals surface area contributed by atoms with Gasteiger partial charge in [0.2, 0.25) is 0 Å². The molecule has 5 nitrogen and oxygen atoms in total. The lowest BCUT2D eigenvalue weighted by atomic mass is 10.1. The van der Waals surface area contributed by atoms with Gasteiger partial charge in [-0.3, -0.25) is 4.90 Å². The Kier molecular flexibility index (Phi) is 4.38. The first-order chi connectivity index (χ1) is 9.51. The van der Waals surface area contributed by atoms with Crippen LogP contribution in [0.1, 0.15) is 11.1 Å². The van der Waals surface area contributed by atoms with E-state index in [0.717, 1.165) is 11.0 Å². The summed E-state index contributed by atoms with van der Waals surface area (Å²) in [5, 5.41) is 18.7. The Morgan fingerprint density at radius 1 is 1.40 bits per heavy atom. The molecule has 1 heterocycles. The van der Waals surface area contributed by atoms with E-state index in [-0.39, 0.29) is 0 Å². The van der Waals surface area contributed by atoms with Gasteiger partial charge in [0.1, 0.15) is 0 Å². The second-order valence-corrected chi connectivity index (χ2v) is 5.33. The molecule has 0 spiro atoms. The number of rotatable bonds is 5. The Labute approximate surface area is 119 Å². The molecular formula is C15H20N4O. The average molecular weight is 272 g/mol. The number of aliphatic hydroxyl groups is 1. The first kappa shape index (κ1) is 14.5. The smallest absolute Gasteiger partial charge is 0.0959 e. The van der Waals surface area contributed by atoms with Gasteiger partial charge in [0.25, 0.3) is 0 Å². The molecule has 0 aliphatic heterocycles. The summed E-state index contributed by atoms with van der Waals surface area (Å²) in [4.78, 5) is 6.18. The Balaban J connectivity index is 2.14. The van der Waals surface area contributed by atoms with Gasteiger partial charge in [0.05, 0.1) is 42.6 Å². The van der Waals surface area contributed by atoms with Crippen LogP contribution in [-0.2, 0) is 6.54 Å². The van der Waals surface area contributed by atoms with E-state index in [1.165, 1.54) is 11.1 Å². The minimum absolute atomic E-state index is 0.319. The van der Waals surface area contributed by atoms with Gasteiger partial charge in [-0.15, -0.1) is 0 Å². The van der Waals surface area contributed by atoms with Crippen molar-refractivity contribution in [1.29, 1.82) is 5.26 Å². The van der Waals surface area contributed by atoms with Gasteiger partial charge in [-0.1, -0.05) is 0 Å². The summed E-state index contributed by atoms with van der Waals surface area (Å²) in [6, 6.07) is 6.24. The van der Waals surface area contributed by atoms with Crippen LogP contribution in [0.25, 0.3) is 11.0 Å². The van der Waals surface area contributed by atoms with Crippen molar-refractivity contribution in [3.8, 4) is 6.07 Å². The molecule has 0 amide bonds. The number of imidazole rings is 1. The molecule has 0 saturated carbocycles. The molecule has 0 saturated heterocycles. The zero-order chi connectivity index (χ0) is 14.7. The fraction of sp³-hybridized carbons (Fsp3) is 0.467. The Morgan fingerprint density at radius 3 is 2.80 bits per heavy atom. The van der Waals surface area contributed by atoms with Crippen molar-refractivity contribution in [2.75, 3.05) is 20.1 Å². The number of aliphatic hydroxyl groups excluding tert-OH is 1. The van der Waals surface area contributed by atoms with Gasteiger partial charge in [-0.2, -0.15) is 5.26 Å². The lowest BCUT2D eigenvalue weighted by Crippen LogP contribution is -2.32. The molecule has 0 fully saturated rings. The van der Waals surface area contributed by atoms with Crippen LogP contribution in [0.15, 0.2) is 18.5 Å². The zero-order valence-electron chi connectivity index (χ0n) is 12.2. The van der Waals surface area contributed by atoms with Crippen LogP contribution >= 0.6 is 0 Å². The molecule has 1 atom stereocenters.